The minimum atomic E-state index is -0.245. The number of amides is 1. The molecule has 0 aliphatic carbocycles. The van der Waals surface area contributed by atoms with Crippen LogP contribution in [0.4, 0.5) is 5.82 Å². The number of thiocarbonyl (C=S) groups is 1. The van der Waals surface area contributed by atoms with Crippen molar-refractivity contribution in [3.05, 3.63) is 45.2 Å². The fourth-order valence-electron chi connectivity index (χ4n) is 3.75. The molecule has 4 heterocycles. The lowest BCUT2D eigenvalue weighted by molar-refractivity contribution is -0.123. The smallest absolute Gasteiger partial charge is 0.267 e. The van der Waals surface area contributed by atoms with Gasteiger partial charge in [0.1, 0.15) is 15.8 Å². The number of nitrogens with one attached hydrogen (secondary N) is 1. The molecule has 2 aliphatic heterocycles. The van der Waals surface area contributed by atoms with Crippen LogP contribution >= 0.6 is 24.0 Å². The number of pyridine rings is 1. The van der Waals surface area contributed by atoms with Crippen LogP contribution in [-0.2, 0) is 14.3 Å². The first-order valence-corrected chi connectivity index (χ1v) is 12.4. The molecule has 2 aliphatic rings. The average Bonchev–Trinajstić information content (AvgIpc) is 3.40. The van der Waals surface area contributed by atoms with Crippen molar-refractivity contribution >= 4 is 51.7 Å². The van der Waals surface area contributed by atoms with E-state index in [0.29, 0.717) is 52.6 Å². The van der Waals surface area contributed by atoms with Gasteiger partial charge < -0.3 is 14.8 Å². The Hall–Kier alpha value is -2.27. The van der Waals surface area contributed by atoms with Crippen LogP contribution in [0.25, 0.3) is 11.7 Å². The molecule has 8 nitrogen and oxygen atoms in total. The van der Waals surface area contributed by atoms with E-state index in [9.17, 15) is 9.59 Å². The Balaban J connectivity index is 1.60. The Morgan fingerprint density at radius 3 is 3.00 bits per heavy atom. The molecule has 0 bridgehead atoms. The second-order valence-corrected chi connectivity index (χ2v) is 9.91. The van der Waals surface area contributed by atoms with E-state index >= 15 is 0 Å². The Kier molecular flexibility index (Phi) is 7.79. The standard InChI is InChI=1S/C23H28N4O4S2/c1-15(2)30-12-6-9-24-20-17(21(28)26-10-4-3-8-19(26)25-20)13-18-22(29)27(23(32)33-18)14-16-7-5-11-31-16/h3-4,8,10,13,15-16,24H,5-7,9,11-12,14H2,1-2H3/b18-13-/t16-/m0/s1. The highest BCUT2D eigenvalue weighted by Crippen LogP contribution is 2.34. The van der Waals surface area contributed by atoms with Crippen molar-refractivity contribution in [1.29, 1.82) is 0 Å². The van der Waals surface area contributed by atoms with Crippen LogP contribution < -0.4 is 10.9 Å². The first kappa shape index (κ1) is 23.9. The Morgan fingerprint density at radius 2 is 2.24 bits per heavy atom. The van der Waals surface area contributed by atoms with Gasteiger partial charge in [0, 0.05) is 26.0 Å². The van der Waals surface area contributed by atoms with E-state index in [2.05, 4.69) is 10.3 Å². The van der Waals surface area contributed by atoms with Crippen LogP contribution in [0.1, 0.15) is 38.7 Å². The summed E-state index contributed by atoms with van der Waals surface area (Å²) in [5, 5.41) is 3.25. The van der Waals surface area contributed by atoms with E-state index in [1.807, 2.05) is 19.9 Å². The summed E-state index contributed by atoms with van der Waals surface area (Å²) in [6.07, 6.45) is 6.12. The maximum Gasteiger partial charge on any atom is 0.267 e. The zero-order valence-corrected chi connectivity index (χ0v) is 20.4. The summed E-state index contributed by atoms with van der Waals surface area (Å²) in [5.74, 6) is 0.245. The first-order valence-electron chi connectivity index (χ1n) is 11.2. The number of thioether (sulfide) groups is 1. The van der Waals surface area contributed by atoms with Crippen molar-refractivity contribution < 1.29 is 14.3 Å². The number of fused-ring (bicyclic) bond motifs is 1. The van der Waals surface area contributed by atoms with Crippen molar-refractivity contribution in [2.24, 2.45) is 0 Å². The van der Waals surface area contributed by atoms with E-state index in [1.54, 1.807) is 29.3 Å². The maximum atomic E-state index is 13.3. The zero-order valence-electron chi connectivity index (χ0n) is 18.8. The molecular weight excluding hydrogens is 460 g/mol. The van der Waals surface area contributed by atoms with Gasteiger partial charge in [0.05, 0.1) is 29.2 Å². The number of hydrogen-bond acceptors (Lipinski definition) is 8. The Labute approximate surface area is 202 Å². The maximum absolute atomic E-state index is 13.3. The van der Waals surface area contributed by atoms with Crippen molar-refractivity contribution in [2.75, 3.05) is 31.6 Å². The number of ether oxygens (including phenoxy) is 2. The Bertz CT molecular complexity index is 1130. The Morgan fingerprint density at radius 1 is 1.39 bits per heavy atom. The number of rotatable bonds is 9. The molecule has 4 rings (SSSR count). The topological polar surface area (TPSA) is 85.2 Å². The highest BCUT2D eigenvalue weighted by atomic mass is 32.2. The van der Waals surface area contributed by atoms with Gasteiger partial charge in [0.15, 0.2) is 0 Å². The van der Waals surface area contributed by atoms with E-state index in [4.69, 9.17) is 21.7 Å². The monoisotopic (exact) mass is 488 g/mol. The summed E-state index contributed by atoms with van der Waals surface area (Å²) in [4.78, 5) is 33.0. The molecular formula is C23H28N4O4S2. The fraction of sp³-hybridized carbons (Fsp3) is 0.478. The summed E-state index contributed by atoms with van der Waals surface area (Å²) in [5.41, 5.74) is 0.624. The summed E-state index contributed by atoms with van der Waals surface area (Å²) in [7, 11) is 0. The van der Waals surface area contributed by atoms with Gasteiger partial charge in [-0.25, -0.2) is 4.98 Å². The molecule has 0 saturated carbocycles. The minimum absolute atomic E-state index is 0.00472. The lowest BCUT2D eigenvalue weighted by atomic mass is 10.2. The third kappa shape index (κ3) is 5.63. The second kappa shape index (κ2) is 10.8. The third-order valence-corrected chi connectivity index (χ3v) is 6.77. The van der Waals surface area contributed by atoms with Gasteiger partial charge in [-0.05, 0) is 51.3 Å². The lowest BCUT2D eigenvalue weighted by Gasteiger charge is -2.18. The van der Waals surface area contributed by atoms with Crippen LogP contribution in [0.2, 0.25) is 0 Å². The molecule has 0 unspecified atom stereocenters. The largest absolute Gasteiger partial charge is 0.379 e. The van der Waals surface area contributed by atoms with Gasteiger partial charge in [-0.15, -0.1) is 0 Å². The van der Waals surface area contributed by atoms with Gasteiger partial charge >= 0.3 is 0 Å². The highest BCUT2D eigenvalue weighted by molar-refractivity contribution is 8.26. The summed E-state index contributed by atoms with van der Waals surface area (Å²) >= 11 is 6.66. The number of hydrogen-bond donors (Lipinski definition) is 1. The van der Waals surface area contributed by atoms with Crippen LogP contribution in [0.3, 0.4) is 0 Å². The highest BCUT2D eigenvalue weighted by Gasteiger charge is 2.35. The van der Waals surface area contributed by atoms with Crippen LogP contribution in [-0.4, -0.2) is 63.0 Å². The van der Waals surface area contributed by atoms with E-state index < -0.39 is 0 Å². The zero-order chi connectivity index (χ0) is 23.4. The SMILES string of the molecule is CC(C)OCCCNc1nc2ccccn2c(=O)c1/C=C1\SC(=S)N(C[C@@H]2CCCO2)C1=O. The average molecular weight is 489 g/mol. The quantitative estimate of drug-likeness (QED) is 0.327. The van der Waals surface area contributed by atoms with E-state index in [0.717, 1.165) is 19.3 Å². The molecule has 2 saturated heterocycles. The molecule has 10 heteroatoms. The summed E-state index contributed by atoms with van der Waals surface area (Å²) in [6, 6.07) is 5.38. The van der Waals surface area contributed by atoms with Gasteiger partial charge in [-0.3, -0.25) is 18.9 Å². The van der Waals surface area contributed by atoms with Crippen molar-refractivity contribution in [2.45, 2.75) is 45.3 Å². The number of carbonyl (C=O) groups is 1. The minimum Gasteiger partial charge on any atom is -0.379 e. The summed E-state index contributed by atoms with van der Waals surface area (Å²) < 4.78 is 13.2. The van der Waals surface area contributed by atoms with Crippen LogP contribution in [0, 0.1) is 0 Å². The van der Waals surface area contributed by atoms with Gasteiger partial charge in [-0.2, -0.15) is 0 Å². The van der Waals surface area contributed by atoms with E-state index in [1.165, 1.54) is 16.2 Å². The van der Waals surface area contributed by atoms with Gasteiger partial charge in [-0.1, -0.05) is 30.0 Å². The first-order chi connectivity index (χ1) is 15.9. The molecule has 1 N–H and O–H groups in total. The molecule has 1 atom stereocenters. The van der Waals surface area contributed by atoms with Crippen molar-refractivity contribution in [3.63, 3.8) is 0 Å². The molecule has 2 aromatic heterocycles. The number of aromatic nitrogens is 2. The number of anilines is 1. The predicted molar refractivity (Wildman–Crippen MR) is 135 cm³/mol. The van der Waals surface area contributed by atoms with Crippen molar-refractivity contribution in [3.8, 4) is 0 Å². The molecule has 0 radical (unpaired) electrons. The van der Waals surface area contributed by atoms with Crippen molar-refractivity contribution in [1.82, 2.24) is 14.3 Å². The molecule has 33 heavy (non-hydrogen) atoms. The summed E-state index contributed by atoms with van der Waals surface area (Å²) in [6.45, 7) is 6.33. The van der Waals surface area contributed by atoms with E-state index in [-0.39, 0.29) is 23.7 Å². The number of nitrogens with zero attached hydrogens (tertiary/aromatic N) is 3. The van der Waals surface area contributed by atoms with Crippen LogP contribution in [0.5, 0.6) is 0 Å². The fourth-order valence-corrected chi connectivity index (χ4v) is 5.00. The molecule has 2 fully saturated rings. The molecule has 2 aromatic rings. The second-order valence-electron chi connectivity index (χ2n) is 8.24. The number of carbonyl (C=O) groups excluding carboxylic acids is 1. The predicted octanol–water partition coefficient (Wildman–Crippen LogP) is 3.30. The molecule has 176 valence electrons. The molecule has 0 aromatic carbocycles. The lowest BCUT2D eigenvalue weighted by Crippen LogP contribution is -2.35. The van der Waals surface area contributed by atoms with Crippen LogP contribution in [0.15, 0.2) is 34.1 Å². The molecule has 1 amide bonds. The third-order valence-electron chi connectivity index (χ3n) is 5.39. The van der Waals surface area contributed by atoms with Gasteiger partial charge in [0.25, 0.3) is 11.5 Å². The van der Waals surface area contributed by atoms with Gasteiger partial charge in [0.2, 0.25) is 0 Å². The normalized spacial score (nSPS) is 20.0. The molecule has 0 spiro atoms.